The first-order valence-electron chi connectivity index (χ1n) is 14.9. The summed E-state index contributed by atoms with van der Waals surface area (Å²) in [6, 6.07) is 10.7. The number of halogens is 6. The highest BCUT2D eigenvalue weighted by Crippen LogP contribution is 2.37. The Morgan fingerprint density at radius 2 is 1.40 bits per heavy atom. The van der Waals surface area contributed by atoms with Crippen molar-refractivity contribution in [1.82, 2.24) is 0 Å². The van der Waals surface area contributed by atoms with Crippen LogP contribution in [0.4, 0.5) is 42.5 Å². The second-order valence-corrected chi connectivity index (χ2v) is 10.7. The van der Waals surface area contributed by atoms with Crippen molar-refractivity contribution < 1.29 is 45.5 Å². The minimum absolute atomic E-state index is 0.0472. The van der Waals surface area contributed by atoms with Crippen LogP contribution < -0.4 is 10.6 Å². The summed E-state index contributed by atoms with van der Waals surface area (Å²) < 4.78 is 83.6. The number of fused-ring (bicyclic) bond motifs is 1. The molecule has 0 heterocycles. The van der Waals surface area contributed by atoms with Crippen LogP contribution in [-0.2, 0) is 28.3 Å². The summed E-state index contributed by atoms with van der Waals surface area (Å²) in [6.45, 7) is 4.46. The number of urea groups is 1. The standard InChI is InChI=1S/C29H20F6N2O4.C6H14/c1-41-26(39)22-12-11-18-7-4-6-17(24(18)25(22)38)10-9-16-5-2-3-8-23(16)37-27(40)36-21-14-19(28(30,31)32)13-20(15-21)29(33,34)35;1-3-5-6-4-2/h2-8,13-15,22H,11-12H2,1H3,(H2,36,37,40);3-6H2,1-2H3/t22-;/m1./s1. The quantitative estimate of drug-likeness (QED) is 0.0908. The molecule has 0 radical (unpaired) electrons. The van der Waals surface area contributed by atoms with E-state index in [1.54, 1.807) is 24.3 Å². The monoisotopic (exact) mass is 660 g/mol. The maximum Gasteiger partial charge on any atom is 0.416 e. The van der Waals surface area contributed by atoms with Crippen molar-refractivity contribution >= 4 is 29.2 Å². The number of methoxy groups -OCH3 is 1. The first kappa shape index (κ1) is 36.7. The van der Waals surface area contributed by atoms with Crippen LogP contribution in [0.15, 0.2) is 60.7 Å². The fourth-order valence-electron chi connectivity index (χ4n) is 4.82. The Hall–Kier alpha value is -4.79. The van der Waals surface area contributed by atoms with Crippen LogP contribution in [0.2, 0.25) is 0 Å². The van der Waals surface area contributed by atoms with Crippen molar-refractivity contribution in [2.24, 2.45) is 5.92 Å². The Kier molecular flexibility index (Phi) is 12.6. The third-order valence-corrected chi connectivity index (χ3v) is 7.21. The molecule has 47 heavy (non-hydrogen) atoms. The molecule has 0 saturated carbocycles. The number of rotatable bonds is 6. The average molecular weight is 661 g/mol. The summed E-state index contributed by atoms with van der Waals surface area (Å²) >= 11 is 0. The molecule has 1 atom stereocenters. The van der Waals surface area contributed by atoms with E-state index >= 15 is 0 Å². The molecule has 0 unspecified atom stereocenters. The molecule has 250 valence electrons. The number of carbonyl (C=O) groups excluding carboxylic acids is 3. The highest BCUT2D eigenvalue weighted by atomic mass is 19.4. The van der Waals surface area contributed by atoms with E-state index in [-0.39, 0.29) is 22.9 Å². The summed E-state index contributed by atoms with van der Waals surface area (Å²) in [5.41, 5.74) is -2.20. The summed E-state index contributed by atoms with van der Waals surface area (Å²) in [7, 11) is 1.19. The molecule has 0 spiro atoms. The second-order valence-electron chi connectivity index (χ2n) is 10.7. The molecule has 0 saturated heterocycles. The number of carbonyl (C=O) groups is 3. The van der Waals surface area contributed by atoms with E-state index in [2.05, 4.69) is 31.0 Å². The van der Waals surface area contributed by atoms with Crippen LogP contribution in [0.3, 0.4) is 0 Å². The second kappa shape index (κ2) is 16.2. The normalized spacial score (nSPS) is 14.1. The van der Waals surface area contributed by atoms with Gasteiger partial charge < -0.3 is 15.4 Å². The fourth-order valence-corrected chi connectivity index (χ4v) is 4.82. The molecule has 4 rings (SSSR count). The molecule has 6 nitrogen and oxygen atoms in total. The van der Waals surface area contributed by atoms with E-state index in [0.717, 1.165) is 0 Å². The molecule has 0 bridgehead atoms. The zero-order valence-corrected chi connectivity index (χ0v) is 26.0. The molecule has 1 aliphatic carbocycles. The van der Waals surface area contributed by atoms with Crippen LogP contribution >= 0.6 is 0 Å². The van der Waals surface area contributed by atoms with Gasteiger partial charge in [0.1, 0.15) is 5.92 Å². The number of para-hydroxylation sites is 1. The van der Waals surface area contributed by atoms with Gasteiger partial charge in [-0.05, 0) is 54.8 Å². The highest BCUT2D eigenvalue weighted by molar-refractivity contribution is 6.11. The molecule has 3 aromatic carbocycles. The van der Waals surface area contributed by atoms with E-state index in [0.29, 0.717) is 36.1 Å². The minimum Gasteiger partial charge on any atom is -0.468 e. The topological polar surface area (TPSA) is 84.5 Å². The molecule has 1 aliphatic rings. The number of esters is 1. The number of hydrogen-bond donors (Lipinski definition) is 2. The van der Waals surface area contributed by atoms with Crippen molar-refractivity contribution in [1.29, 1.82) is 0 Å². The first-order valence-corrected chi connectivity index (χ1v) is 14.9. The third-order valence-electron chi connectivity index (χ3n) is 7.21. The molecule has 2 N–H and O–H groups in total. The minimum atomic E-state index is -5.08. The van der Waals surface area contributed by atoms with Gasteiger partial charge in [-0.2, -0.15) is 26.3 Å². The van der Waals surface area contributed by atoms with Gasteiger partial charge >= 0.3 is 24.4 Å². The van der Waals surface area contributed by atoms with Crippen molar-refractivity contribution in [3.05, 3.63) is 94.0 Å². The Balaban J connectivity index is 0.000000913. The van der Waals surface area contributed by atoms with Crippen LogP contribution in [-0.4, -0.2) is 24.9 Å². The van der Waals surface area contributed by atoms with Gasteiger partial charge in [-0.1, -0.05) is 75.6 Å². The maximum atomic E-state index is 13.2. The van der Waals surface area contributed by atoms with Crippen molar-refractivity contribution in [2.45, 2.75) is 64.7 Å². The fraction of sp³-hybridized carbons (Fsp3) is 0.343. The molecule has 12 heteroatoms. The Morgan fingerprint density at radius 1 is 0.830 bits per heavy atom. The lowest BCUT2D eigenvalue weighted by molar-refractivity contribution is -0.144. The molecule has 0 aliphatic heterocycles. The molecular formula is C35H34F6N2O4. The number of benzene rings is 3. The zero-order chi connectivity index (χ0) is 34.8. The molecular weight excluding hydrogens is 626 g/mol. The lowest BCUT2D eigenvalue weighted by atomic mass is 9.80. The van der Waals surface area contributed by atoms with Crippen LogP contribution in [0.5, 0.6) is 0 Å². The number of nitrogens with one attached hydrogen (secondary N) is 2. The predicted octanol–water partition coefficient (Wildman–Crippen LogP) is 9.27. The van der Waals surface area contributed by atoms with E-state index in [4.69, 9.17) is 4.74 Å². The number of ketones is 1. The Bertz CT molecular complexity index is 1620. The van der Waals surface area contributed by atoms with E-state index in [1.165, 1.54) is 51.0 Å². The Labute approximate surface area is 268 Å². The summed E-state index contributed by atoms with van der Waals surface area (Å²) in [5.74, 6) is 3.67. The maximum absolute atomic E-state index is 13.2. The van der Waals surface area contributed by atoms with Gasteiger partial charge in [0.15, 0.2) is 5.78 Å². The third kappa shape index (κ3) is 10.1. The number of anilines is 2. The zero-order valence-electron chi connectivity index (χ0n) is 26.0. The molecule has 3 aromatic rings. The van der Waals surface area contributed by atoms with Crippen LogP contribution in [0.1, 0.15) is 84.1 Å². The lowest BCUT2D eigenvalue weighted by Gasteiger charge is -2.22. The largest absolute Gasteiger partial charge is 0.468 e. The predicted molar refractivity (Wildman–Crippen MR) is 166 cm³/mol. The van der Waals surface area contributed by atoms with Crippen LogP contribution in [0.25, 0.3) is 0 Å². The molecule has 2 amide bonds. The number of alkyl halides is 6. The average Bonchev–Trinajstić information content (AvgIpc) is 3.02. The number of amides is 2. The number of Topliss-reactive ketones (excluding diaryl/α,β-unsaturated/α-hetero) is 1. The van der Waals surface area contributed by atoms with Gasteiger partial charge in [0.05, 0.1) is 23.9 Å². The van der Waals surface area contributed by atoms with Gasteiger partial charge in [-0.25, -0.2) is 4.79 Å². The van der Waals surface area contributed by atoms with Crippen molar-refractivity contribution in [3.8, 4) is 11.8 Å². The van der Waals surface area contributed by atoms with Crippen molar-refractivity contribution in [3.63, 3.8) is 0 Å². The van der Waals surface area contributed by atoms with Gasteiger partial charge in [-0.15, -0.1) is 0 Å². The van der Waals surface area contributed by atoms with E-state index < -0.39 is 52.9 Å². The summed E-state index contributed by atoms with van der Waals surface area (Å²) in [4.78, 5) is 37.7. The van der Waals surface area contributed by atoms with E-state index in [1.807, 2.05) is 5.32 Å². The van der Waals surface area contributed by atoms with Gasteiger partial charge in [0, 0.05) is 22.4 Å². The van der Waals surface area contributed by atoms with E-state index in [9.17, 15) is 40.7 Å². The number of unbranched alkanes of at least 4 members (excludes halogenated alkanes) is 3. The lowest BCUT2D eigenvalue weighted by Crippen LogP contribution is -2.31. The SMILES string of the molecule is CCCCCC.COC(=O)[C@@H]1CCc2cccc(C#Cc3ccccc3NC(=O)Nc3cc(C(F)(F)F)cc(C(F)(F)F)c3)c2C1=O. The molecule has 0 fully saturated rings. The number of ether oxygens (including phenoxy) is 1. The van der Waals surface area contributed by atoms with Gasteiger partial charge in [-0.3, -0.25) is 9.59 Å². The van der Waals surface area contributed by atoms with Gasteiger partial charge in [0.2, 0.25) is 0 Å². The Morgan fingerprint density at radius 3 is 1.98 bits per heavy atom. The van der Waals surface area contributed by atoms with Gasteiger partial charge in [0.25, 0.3) is 0 Å². The molecule has 0 aromatic heterocycles. The number of aryl methyl sites for hydroxylation is 1. The highest BCUT2D eigenvalue weighted by Gasteiger charge is 2.37. The van der Waals surface area contributed by atoms with Crippen LogP contribution in [0, 0.1) is 17.8 Å². The smallest absolute Gasteiger partial charge is 0.416 e. The summed E-state index contributed by atoms with van der Waals surface area (Å²) in [6.07, 6.45) is -3.86. The number of hydrogen-bond acceptors (Lipinski definition) is 4. The van der Waals surface area contributed by atoms with Crippen molar-refractivity contribution in [2.75, 3.05) is 17.7 Å². The summed E-state index contributed by atoms with van der Waals surface area (Å²) in [5, 5.41) is 4.37. The first-order chi connectivity index (χ1) is 22.2.